The minimum atomic E-state index is -0.476. The van der Waals surface area contributed by atoms with E-state index in [2.05, 4.69) is 19.4 Å². The highest BCUT2D eigenvalue weighted by atomic mass is 16.4. The number of hydrogen-bond donors (Lipinski definition) is 2. The van der Waals surface area contributed by atoms with Crippen LogP contribution in [0.5, 0.6) is 0 Å². The summed E-state index contributed by atoms with van der Waals surface area (Å²) in [6, 6.07) is 0. The SMILES string of the molecule is O=c1[nH]c(-c2ncc[nH]2)co1. The molecule has 0 saturated carbocycles. The number of rotatable bonds is 1. The lowest BCUT2D eigenvalue weighted by atomic mass is 10.5. The summed E-state index contributed by atoms with van der Waals surface area (Å²) in [7, 11) is 0. The minimum absolute atomic E-state index is 0.476. The number of nitrogens with zero attached hydrogens (tertiary/aromatic N) is 1. The molecule has 11 heavy (non-hydrogen) atoms. The number of oxazole rings is 1. The average molecular weight is 151 g/mol. The number of nitrogens with one attached hydrogen (secondary N) is 2. The Morgan fingerprint density at radius 2 is 2.45 bits per heavy atom. The fraction of sp³-hybridized carbons (Fsp3) is 0. The molecule has 0 radical (unpaired) electrons. The van der Waals surface area contributed by atoms with E-state index < -0.39 is 5.76 Å². The van der Waals surface area contributed by atoms with Gasteiger partial charge in [0.25, 0.3) is 0 Å². The van der Waals surface area contributed by atoms with Crippen LogP contribution in [0.4, 0.5) is 0 Å². The molecule has 2 aromatic heterocycles. The van der Waals surface area contributed by atoms with E-state index >= 15 is 0 Å². The molecule has 0 atom stereocenters. The van der Waals surface area contributed by atoms with Crippen molar-refractivity contribution in [3.8, 4) is 11.5 Å². The van der Waals surface area contributed by atoms with Crippen molar-refractivity contribution in [2.45, 2.75) is 0 Å². The number of H-pyrrole nitrogens is 2. The van der Waals surface area contributed by atoms with Gasteiger partial charge in [-0.15, -0.1) is 0 Å². The molecule has 0 aliphatic rings. The Morgan fingerprint density at radius 3 is 3.00 bits per heavy atom. The third kappa shape index (κ3) is 0.958. The van der Waals surface area contributed by atoms with E-state index in [1.165, 1.54) is 6.26 Å². The molecule has 2 aromatic rings. The van der Waals surface area contributed by atoms with Crippen LogP contribution in [0.25, 0.3) is 11.5 Å². The molecule has 5 heteroatoms. The van der Waals surface area contributed by atoms with Gasteiger partial charge in [0.1, 0.15) is 12.0 Å². The highest BCUT2D eigenvalue weighted by molar-refractivity contribution is 5.45. The standard InChI is InChI=1S/C6H5N3O2/c10-6-9-4(3-11-6)5-7-1-2-8-5/h1-3H,(H,7,8)(H,9,10). The molecular formula is C6H5N3O2. The van der Waals surface area contributed by atoms with E-state index in [1.807, 2.05) is 0 Å². The van der Waals surface area contributed by atoms with E-state index in [-0.39, 0.29) is 0 Å². The first kappa shape index (κ1) is 5.96. The summed E-state index contributed by atoms with van der Waals surface area (Å²) in [5.74, 6) is 0.118. The molecule has 0 unspecified atom stereocenters. The van der Waals surface area contributed by atoms with Crippen LogP contribution in [0.2, 0.25) is 0 Å². The van der Waals surface area contributed by atoms with Crippen LogP contribution in [0.3, 0.4) is 0 Å². The van der Waals surface area contributed by atoms with Crippen molar-refractivity contribution in [1.29, 1.82) is 0 Å². The molecule has 0 aliphatic heterocycles. The molecule has 0 bridgehead atoms. The van der Waals surface area contributed by atoms with Gasteiger partial charge in [-0.1, -0.05) is 0 Å². The van der Waals surface area contributed by atoms with Crippen molar-refractivity contribution in [3.63, 3.8) is 0 Å². The number of imidazole rings is 1. The molecular weight excluding hydrogens is 146 g/mol. The lowest BCUT2D eigenvalue weighted by molar-refractivity contribution is 0.515. The molecule has 2 heterocycles. The number of aromatic amines is 2. The van der Waals surface area contributed by atoms with Crippen molar-refractivity contribution in [2.24, 2.45) is 0 Å². The van der Waals surface area contributed by atoms with Gasteiger partial charge in [-0.05, 0) is 0 Å². The summed E-state index contributed by atoms with van der Waals surface area (Å²) in [6.45, 7) is 0. The summed E-state index contributed by atoms with van der Waals surface area (Å²) in [6.07, 6.45) is 4.59. The average Bonchev–Trinajstić information content (AvgIpc) is 2.55. The van der Waals surface area contributed by atoms with Gasteiger partial charge in [0.05, 0.1) is 0 Å². The molecule has 0 aliphatic carbocycles. The van der Waals surface area contributed by atoms with Gasteiger partial charge in [0, 0.05) is 12.4 Å². The van der Waals surface area contributed by atoms with Crippen LogP contribution in [-0.4, -0.2) is 15.0 Å². The van der Waals surface area contributed by atoms with Gasteiger partial charge in [-0.2, -0.15) is 0 Å². The molecule has 0 saturated heterocycles. The summed E-state index contributed by atoms with van der Waals surface area (Å²) in [4.78, 5) is 19.7. The smallest absolute Gasteiger partial charge is 0.416 e. The van der Waals surface area contributed by atoms with E-state index in [0.29, 0.717) is 11.5 Å². The number of hydrogen-bond acceptors (Lipinski definition) is 3. The summed E-state index contributed by atoms with van der Waals surface area (Å²) >= 11 is 0. The normalized spacial score (nSPS) is 10.2. The van der Waals surface area contributed by atoms with E-state index in [4.69, 9.17) is 0 Å². The van der Waals surface area contributed by atoms with Crippen LogP contribution in [0, 0.1) is 0 Å². The van der Waals surface area contributed by atoms with Gasteiger partial charge < -0.3 is 9.40 Å². The summed E-state index contributed by atoms with van der Waals surface area (Å²) in [5.41, 5.74) is 0.556. The summed E-state index contributed by atoms with van der Waals surface area (Å²) in [5, 5.41) is 0. The van der Waals surface area contributed by atoms with Gasteiger partial charge in [0.2, 0.25) is 0 Å². The first-order valence-corrected chi connectivity index (χ1v) is 3.04. The lowest BCUT2D eigenvalue weighted by Gasteiger charge is -1.83. The van der Waals surface area contributed by atoms with Crippen LogP contribution < -0.4 is 5.76 Å². The predicted octanol–water partition coefficient (Wildman–Crippen LogP) is 0.358. The van der Waals surface area contributed by atoms with Crippen LogP contribution in [0.1, 0.15) is 0 Å². The molecule has 0 spiro atoms. The Labute approximate surface area is 61.1 Å². The number of aromatic nitrogens is 3. The van der Waals surface area contributed by atoms with Gasteiger partial charge in [0.15, 0.2) is 5.82 Å². The fourth-order valence-corrected chi connectivity index (χ4v) is 0.809. The zero-order valence-electron chi connectivity index (χ0n) is 5.50. The van der Waals surface area contributed by atoms with Crippen molar-refractivity contribution in [3.05, 3.63) is 29.2 Å². The highest BCUT2D eigenvalue weighted by Crippen LogP contribution is 2.06. The second-order valence-corrected chi connectivity index (χ2v) is 2.00. The molecule has 2 N–H and O–H groups in total. The van der Waals surface area contributed by atoms with E-state index in [9.17, 15) is 4.79 Å². The van der Waals surface area contributed by atoms with E-state index in [1.54, 1.807) is 12.4 Å². The Balaban J connectivity index is 2.53. The largest absolute Gasteiger partial charge is 0.416 e. The molecule has 0 fully saturated rings. The molecule has 0 amide bonds. The lowest BCUT2D eigenvalue weighted by Crippen LogP contribution is -1.95. The zero-order chi connectivity index (χ0) is 7.68. The summed E-state index contributed by atoms with van der Waals surface area (Å²) < 4.78 is 4.52. The van der Waals surface area contributed by atoms with Gasteiger partial charge in [-0.3, -0.25) is 4.98 Å². The molecule has 56 valence electrons. The Hall–Kier alpha value is -1.78. The molecule has 5 nitrogen and oxygen atoms in total. The first-order valence-electron chi connectivity index (χ1n) is 3.04. The maximum atomic E-state index is 10.5. The predicted molar refractivity (Wildman–Crippen MR) is 36.9 cm³/mol. The zero-order valence-corrected chi connectivity index (χ0v) is 5.50. The maximum absolute atomic E-state index is 10.5. The Bertz CT molecular complexity index is 384. The Morgan fingerprint density at radius 1 is 1.55 bits per heavy atom. The third-order valence-corrected chi connectivity index (χ3v) is 1.27. The van der Waals surface area contributed by atoms with Crippen molar-refractivity contribution < 1.29 is 4.42 Å². The highest BCUT2D eigenvalue weighted by Gasteiger charge is 2.01. The van der Waals surface area contributed by atoms with E-state index in [0.717, 1.165) is 0 Å². The topological polar surface area (TPSA) is 74.7 Å². The van der Waals surface area contributed by atoms with Crippen molar-refractivity contribution in [1.82, 2.24) is 15.0 Å². The van der Waals surface area contributed by atoms with Crippen LogP contribution in [-0.2, 0) is 0 Å². The first-order chi connectivity index (χ1) is 5.36. The van der Waals surface area contributed by atoms with Gasteiger partial charge >= 0.3 is 5.76 Å². The quantitative estimate of drug-likeness (QED) is 0.617. The fourth-order valence-electron chi connectivity index (χ4n) is 0.809. The van der Waals surface area contributed by atoms with Crippen molar-refractivity contribution in [2.75, 3.05) is 0 Å². The van der Waals surface area contributed by atoms with Crippen LogP contribution in [0.15, 0.2) is 27.9 Å². The second kappa shape index (κ2) is 2.12. The molecule has 0 aromatic carbocycles. The van der Waals surface area contributed by atoms with Gasteiger partial charge in [-0.25, -0.2) is 9.78 Å². The third-order valence-electron chi connectivity index (χ3n) is 1.27. The maximum Gasteiger partial charge on any atom is 0.416 e. The molecule has 2 rings (SSSR count). The van der Waals surface area contributed by atoms with Crippen molar-refractivity contribution >= 4 is 0 Å². The van der Waals surface area contributed by atoms with Crippen LogP contribution >= 0.6 is 0 Å². The Kier molecular flexibility index (Phi) is 1.15. The monoisotopic (exact) mass is 151 g/mol. The second-order valence-electron chi connectivity index (χ2n) is 2.00. The minimum Gasteiger partial charge on any atom is -0.416 e.